The third-order valence-electron chi connectivity index (χ3n) is 6.46. The molecule has 174 valence electrons. The first-order valence-electron chi connectivity index (χ1n) is 11.6. The van der Waals surface area contributed by atoms with E-state index in [0.29, 0.717) is 36.8 Å². The number of nitrogens with zero attached hydrogens (tertiary/aromatic N) is 6. The molecule has 1 aliphatic rings. The average Bonchev–Trinajstić information content (AvgIpc) is 3.34. The minimum Gasteiger partial charge on any atom is -0.338 e. The number of amides is 1. The Balaban J connectivity index is 1.39. The number of rotatable bonds is 3. The van der Waals surface area contributed by atoms with Gasteiger partial charge >= 0.3 is 0 Å². The van der Waals surface area contributed by atoms with Crippen molar-refractivity contribution in [3.63, 3.8) is 0 Å². The molecule has 8 heteroatoms. The number of para-hydroxylation sites is 1. The summed E-state index contributed by atoms with van der Waals surface area (Å²) in [7, 11) is 0. The Kier molecular flexibility index (Phi) is 5.34. The Morgan fingerprint density at radius 2 is 1.66 bits per heavy atom. The standard InChI is InChI=1S/C27H23ClN6O/c1-18-7-6-8-19(17-18)24-30-31-25-21-10-3-5-12-23(21)29-27(34(24)25)33-15-13-32(14-16-33)26(35)20-9-2-4-11-22(20)28/h2-12,17H,13-16H2,1H3. The van der Waals surface area contributed by atoms with E-state index in [9.17, 15) is 4.79 Å². The molecule has 0 spiro atoms. The highest BCUT2D eigenvalue weighted by atomic mass is 35.5. The van der Waals surface area contributed by atoms with Crippen molar-refractivity contribution in [3.8, 4) is 11.4 Å². The van der Waals surface area contributed by atoms with Crippen molar-refractivity contribution in [1.29, 1.82) is 0 Å². The van der Waals surface area contributed by atoms with Crippen molar-refractivity contribution in [1.82, 2.24) is 24.5 Å². The molecule has 35 heavy (non-hydrogen) atoms. The zero-order valence-electron chi connectivity index (χ0n) is 19.2. The molecular formula is C27H23ClN6O. The van der Waals surface area contributed by atoms with E-state index in [-0.39, 0.29) is 5.91 Å². The van der Waals surface area contributed by atoms with Crippen molar-refractivity contribution >= 4 is 40.0 Å². The Morgan fingerprint density at radius 1 is 0.886 bits per heavy atom. The van der Waals surface area contributed by atoms with E-state index in [0.717, 1.165) is 39.4 Å². The van der Waals surface area contributed by atoms with Crippen molar-refractivity contribution in [2.45, 2.75) is 6.92 Å². The van der Waals surface area contributed by atoms with Crippen LogP contribution in [0.15, 0.2) is 72.8 Å². The fraction of sp³-hybridized carbons (Fsp3) is 0.185. The number of carbonyl (C=O) groups excluding carboxylic acids is 1. The fourth-order valence-electron chi connectivity index (χ4n) is 4.66. The summed E-state index contributed by atoms with van der Waals surface area (Å²) in [5, 5.41) is 10.6. The van der Waals surface area contributed by atoms with E-state index in [1.54, 1.807) is 12.1 Å². The SMILES string of the molecule is Cc1cccc(-c2nnc3c4ccccc4nc(N4CCN(C(=O)c5ccccc5Cl)CC4)n23)c1. The number of fused-ring (bicyclic) bond motifs is 3. The van der Waals surface area contributed by atoms with Crippen LogP contribution in [-0.2, 0) is 0 Å². The van der Waals surface area contributed by atoms with Gasteiger partial charge in [0.1, 0.15) is 0 Å². The second kappa shape index (κ2) is 8.67. The third-order valence-corrected chi connectivity index (χ3v) is 6.79. The van der Waals surface area contributed by atoms with Gasteiger partial charge in [0.15, 0.2) is 11.5 Å². The molecule has 6 rings (SSSR count). The van der Waals surface area contributed by atoms with E-state index in [2.05, 4.69) is 34.2 Å². The van der Waals surface area contributed by atoms with Gasteiger partial charge in [-0.3, -0.25) is 4.79 Å². The summed E-state index contributed by atoms with van der Waals surface area (Å²) in [6.07, 6.45) is 0. The molecule has 3 heterocycles. The molecule has 7 nitrogen and oxygen atoms in total. The molecule has 0 atom stereocenters. The smallest absolute Gasteiger partial charge is 0.255 e. The summed E-state index contributed by atoms with van der Waals surface area (Å²) < 4.78 is 2.04. The molecule has 0 unspecified atom stereocenters. The molecule has 1 fully saturated rings. The molecule has 5 aromatic rings. The Bertz CT molecular complexity index is 1570. The van der Waals surface area contributed by atoms with Crippen LogP contribution < -0.4 is 4.90 Å². The van der Waals surface area contributed by atoms with Gasteiger partial charge in [-0.1, -0.05) is 59.6 Å². The number of piperazine rings is 1. The van der Waals surface area contributed by atoms with Crippen LogP contribution in [0.1, 0.15) is 15.9 Å². The molecule has 1 saturated heterocycles. The van der Waals surface area contributed by atoms with Gasteiger partial charge in [0.25, 0.3) is 5.91 Å². The lowest BCUT2D eigenvalue weighted by molar-refractivity contribution is 0.0746. The zero-order chi connectivity index (χ0) is 23.9. The number of hydrogen-bond donors (Lipinski definition) is 0. The molecule has 0 aliphatic carbocycles. The minimum atomic E-state index is -0.0448. The highest BCUT2D eigenvalue weighted by Gasteiger charge is 2.27. The van der Waals surface area contributed by atoms with Gasteiger partial charge in [0.05, 0.1) is 16.1 Å². The van der Waals surface area contributed by atoms with Crippen LogP contribution in [0.5, 0.6) is 0 Å². The largest absolute Gasteiger partial charge is 0.338 e. The average molecular weight is 483 g/mol. The first-order valence-corrected chi connectivity index (χ1v) is 12.0. The van der Waals surface area contributed by atoms with Crippen LogP contribution in [0, 0.1) is 6.92 Å². The number of anilines is 1. The fourth-order valence-corrected chi connectivity index (χ4v) is 4.88. The highest BCUT2D eigenvalue weighted by molar-refractivity contribution is 6.33. The van der Waals surface area contributed by atoms with E-state index in [1.807, 2.05) is 57.8 Å². The first-order chi connectivity index (χ1) is 17.1. The monoisotopic (exact) mass is 482 g/mol. The van der Waals surface area contributed by atoms with Crippen LogP contribution in [0.25, 0.3) is 27.9 Å². The summed E-state index contributed by atoms with van der Waals surface area (Å²) in [6.45, 7) is 4.49. The Hall–Kier alpha value is -3.97. The van der Waals surface area contributed by atoms with E-state index < -0.39 is 0 Å². The summed E-state index contributed by atoms with van der Waals surface area (Å²) in [5.74, 6) is 1.49. The van der Waals surface area contributed by atoms with Gasteiger partial charge in [-0.15, -0.1) is 10.2 Å². The quantitative estimate of drug-likeness (QED) is 0.367. The molecule has 0 radical (unpaired) electrons. The summed E-state index contributed by atoms with van der Waals surface area (Å²) in [4.78, 5) is 22.2. The molecule has 0 saturated carbocycles. The normalized spacial score (nSPS) is 14.1. The lowest BCUT2D eigenvalue weighted by Crippen LogP contribution is -2.49. The predicted molar refractivity (Wildman–Crippen MR) is 138 cm³/mol. The Labute approximate surface area is 207 Å². The van der Waals surface area contributed by atoms with Gasteiger partial charge in [-0.2, -0.15) is 0 Å². The van der Waals surface area contributed by atoms with Crippen LogP contribution in [0.2, 0.25) is 5.02 Å². The number of aryl methyl sites for hydroxylation is 1. The van der Waals surface area contributed by atoms with Crippen LogP contribution in [-0.4, -0.2) is 56.6 Å². The van der Waals surface area contributed by atoms with Gasteiger partial charge in [0.2, 0.25) is 5.95 Å². The Morgan fingerprint density at radius 3 is 2.46 bits per heavy atom. The van der Waals surface area contributed by atoms with Crippen molar-refractivity contribution in [2.24, 2.45) is 0 Å². The number of halogens is 1. The minimum absolute atomic E-state index is 0.0448. The third kappa shape index (κ3) is 3.78. The number of benzene rings is 3. The molecule has 1 aliphatic heterocycles. The lowest BCUT2D eigenvalue weighted by Gasteiger charge is -2.35. The predicted octanol–water partition coefficient (Wildman–Crippen LogP) is 4.87. The molecular weight excluding hydrogens is 460 g/mol. The number of hydrogen-bond acceptors (Lipinski definition) is 5. The second-order valence-corrected chi connectivity index (χ2v) is 9.15. The lowest BCUT2D eigenvalue weighted by atomic mass is 10.1. The van der Waals surface area contributed by atoms with Gasteiger partial charge in [-0.05, 0) is 37.3 Å². The van der Waals surface area contributed by atoms with Crippen LogP contribution in [0.4, 0.5) is 5.95 Å². The van der Waals surface area contributed by atoms with Crippen molar-refractivity contribution in [3.05, 3.63) is 88.9 Å². The maximum Gasteiger partial charge on any atom is 0.255 e. The van der Waals surface area contributed by atoms with Crippen LogP contribution in [0.3, 0.4) is 0 Å². The van der Waals surface area contributed by atoms with Crippen LogP contribution >= 0.6 is 11.6 Å². The summed E-state index contributed by atoms with van der Waals surface area (Å²) in [6, 6.07) is 23.4. The topological polar surface area (TPSA) is 66.6 Å². The van der Waals surface area contributed by atoms with E-state index in [1.165, 1.54) is 0 Å². The van der Waals surface area contributed by atoms with E-state index in [4.69, 9.17) is 16.6 Å². The highest BCUT2D eigenvalue weighted by Crippen LogP contribution is 2.29. The van der Waals surface area contributed by atoms with Crippen molar-refractivity contribution in [2.75, 3.05) is 31.1 Å². The number of aromatic nitrogens is 4. The first kappa shape index (κ1) is 21.6. The molecule has 1 amide bonds. The van der Waals surface area contributed by atoms with Crippen molar-refractivity contribution < 1.29 is 4.79 Å². The molecule has 0 bridgehead atoms. The summed E-state index contributed by atoms with van der Waals surface area (Å²) >= 11 is 6.27. The molecule has 3 aromatic carbocycles. The van der Waals surface area contributed by atoms with Gasteiger partial charge < -0.3 is 9.80 Å². The second-order valence-electron chi connectivity index (χ2n) is 8.74. The molecule has 0 N–H and O–H groups in total. The molecule has 2 aromatic heterocycles. The van der Waals surface area contributed by atoms with Gasteiger partial charge in [-0.25, -0.2) is 9.38 Å². The summed E-state index contributed by atoms with van der Waals surface area (Å²) in [5.41, 5.74) is 4.32. The van der Waals surface area contributed by atoms with Gasteiger partial charge in [0, 0.05) is 37.1 Å². The number of carbonyl (C=O) groups is 1. The maximum absolute atomic E-state index is 13.1. The zero-order valence-corrected chi connectivity index (χ0v) is 20.0. The maximum atomic E-state index is 13.1. The van der Waals surface area contributed by atoms with E-state index >= 15 is 0 Å².